The van der Waals surface area contributed by atoms with E-state index in [2.05, 4.69) is 10.2 Å². The van der Waals surface area contributed by atoms with Crippen molar-refractivity contribution in [3.8, 4) is 22.6 Å². The Morgan fingerprint density at radius 3 is 2.00 bits per heavy atom. The van der Waals surface area contributed by atoms with Crippen molar-refractivity contribution in [2.75, 3.05) is 0 Å². The number of hydrogen-bond donors (Lipinski definition) is 0. The van der Waals surface area contributed by atoms with Crippen LogP contribution in [0.3, 0.4) is 0 Å². The molecule has 0 N–H and O–H groups in total. The van der Waals surface area contributed by atoms with Gasteiger partial charge in [0.1, 0.15) is 16.7 Å². The van der Waals surface area contributed by atoms with Gasteiger partial charge in [0, 0.05) is 0 Å². The summed E-state index contributed by atoms with van der Waals surface area (Å²) in [4.78, 5) is 1.42. The lowest BCUT2D eigenvalue weighted by Crippen LogP contribution is -1.99. The average molecular weight is 286 g/mol. The molecule has 4 nitrogen and oxygen atoms in total. The van der Waals surface area contributed by atoms with Crippen molar-refractivity contribution >= 4 is 11.0 Å². The van der Waals surface area contributed by atoms with E-state index in [-0.39, 0.29) is 5.75 Å². The normalized spacial score (nSPS) is 10.9. The van der Waals surface area contributed by atoms with Gasteiger partial charge in [-0.15, -0.1) is 15.0 Å². The van der Waals surface area contributed by atoms with Gasteiger partial charge in [-0.1, -0.05) is 48.5 Å². The third-order valence-electron chi connectivity index (χ3n) is 3.57. The van der Waals surface area contributed by atoms with E-state index in [1.807, 2.05) is 66.7 Å². The Morgan fingerprint density at radius 2 is 1.32 bits per heavy atom. The molecule has 0 aliphatic heterocycles. The first-order chi connectivity index (χ1) is 10.8. The van der Waals surface area contributed by atoms with E-state index in [1.54, 1.807) is 6.07 Å². The molecular formula is C18H12N3O. The van der Waals surface area contributed by atoms with Crippen molar-refractivity contribution in [1.29, 1.82) is 0 Å². The van der Waals surface area contributed by atoms with Crippen molar-refractivity contribution in [1.82, 2.24) is 15.0 Å². The maximum atomic E-state index is 12.2. The van der Waals surface area contributed by atoms with Crippen LogP contribution in [0.4, 0.5) is 0 Å². The van der Waals surface area contributed by atoms with Crippen LogP contribution in [0.15, 0.2) is 72.8 Å². The Kier molecular flexibility index (Phi) is 2.86. The molecule has 4 aromatic rings. The molecule has 22 heavy (non-hydrogen) atoms. The van der Waals surface area contributed by atoms with E-state index in [9.17, 15) is 5.11 Å². The monoisotopic (exact) mass is 286 g/mol. The number of fused-ring (bicyclic) bond motifs is 1. The van der Waals surface area contributed by atoms with E-state index in [4.69, 9.17) is 0 Å². The zero-order chi connectivity index (χ0) is 14.9. The minimum atomic E-state index is -0.0972. The summed E-state index contributed by atoms with van der Waals surface area (Å²) in [5.41, 5.74) is 4.02. The van der Waals surface area contributed by atoms with E-state index in [0.29, 0.717) is 5.69 Å². The predicted octanol–water partition coefficient (Wildman–Crippen LogP) is 4.23. The van der Waals surface area contributed by atoms with Gasteiger partial charge in [-0.25, -0.2) is 0 Å². The van der Waals surface area contributed by atoms with Crippen LogP contribution >= 0.6 is 0 Å². The van der Waals surface area contributed by atoms with Gasteiger partial charge in [0.05, 0.1) is 0 Å². The second-order valence-corrected chi connectivity index (χ2v) is 5.03. The zero-order valence-electron chi connectivity index (χ0n) is 11.7. The molecule has 0 fully saturated rings. The second-order valence-electron chi connectivity index (χ2n) is 5.03. The molecule has 1 radical (unpaired) electrons. The van der Waals surface area contributed by atoms with Gasteiger partial charge < -0.3 is 0 Å². The summed E-state index contributed by atoms with van der Waals surface area (Å²) in [6, 6.07) is 22.7. The zero-order valence-corrected chi connectivity index (χ0v) is 11.7. The second kappa shape index (κ2) is 5.00. The van der Waals surface area contributed by atoms with Gasteiger partial charge in [-0.05, 0) is 35.4 Å². The van der Waals surface area contributed by atoms with Crippen LogP contribution in [0, 0.1) is 0 Å². The van der Waals surface area contributed by atoms with Crippen LogP contribution < -0.4 is 0 Å². The third kappa shape index (κ3) is 2.11. The summed E-state index contributed by atoms with van der Waals surface area (Å²) >= 11 is 0. The number of rotatable bonds is 2. The smallest absolute Gasteiger partial charge is 0.206 e. The molecule has 1 heterocycles. The minimum Gasteiger partial charge on any atom is -0.287 e. The molecule has 0 aliphatic carbocycles. The lowest BCUT2D eigenvalue weighted by Gasteiger charge is -2.05. The van der Waals surface area contributed by atoms with Crippen LogP contribution in [0.1, 0.15) is 0 Å². The molecule has 3 aromatic carbocycles. The van der Waals surface area contributed by atoms with Crippen LogP contribution in [0.2, 0.25) is 0 Å². The maximum Gasteiger partial charge on any atom is 0.206 e. The molecule has 4 heteroatoms. The van der Waals surface area contributed by atoms with Gasteiger partial charge >= 0.3 is 0 Å². The van der Waals surface area contributed by atoms with E-state index < -0.39 is 0 Å². The first-order valence-corrected chi connectivity index (χ1v) is 7.00. The van der Waals surface area contributed by atoms with Crippen molar-refractivity contribution in [3.63, 3.8) is 0 Å². The summed E-state index contributed by atoms with van der Waals surface area (Å²) in [6.07, 6.45) is 0. The highest BCUT2D eigenvalue weighted by atomic mass is 16.3. The van der Waals surface area contributed by atoms with Crippen molar-refractivity contribution in [3.05, 3.63) is 72.8 Å². The molecule has 0 unspecified atom stereocenters. The Morgan fingerprint density at radius 1 is 0.682 bits per heavy atom. The van der Waals surface area contributed by atoms with Crippen molar-refractivity contribution in [2.24, 2.45) is 0 Å². The van der Waals surface area contributed by atoms with Gasteiger partial charge in [0.15, 0.2) is 0 Å². The highest BCUT2D eigenvalue weighted by molar-refractivity contribution is 5.74. The molecule has 0 spiro atoms. The Hall–Kier alpha value is -3.14. The summed E-state index contributed by atoms with van der Waals surface area (Å²) in [6.45, 7) is 0. The summed E-state index contributed by atoms with van der Waals surface area (Å²) in [5, 5.41) is 20.9. The van der Waals surface area contributed by atoms with E-state index in [0.717, 1.165) is 22.2 Å². The number of hydrogen-bond acceptors (Lipinski definition) is 2. The van der Waals surface area contributed by atoms with E-state index >= 15 is 0 Å². The van der Waals surface area contributed by atoms with Crippen LogP contribution in [-0.4, -0.2) is 15.0 Å². The number of aromatic nitrogens is 3. The van der Waals surface area contributed by atoms with Crippen molar-refractivity contribution in [2.45, 2.75) is 0 Å². The first-order valence-electron chi connectivity index (χ1n) is 7.00. The standard InChI is InChI=1S/C18H12N3O/c22-18-11-10-14(13-6-2-1-3-7-13)12-17(18)21-19-15-8-4-5-9-16(15)20-21/h1-12H. The largest absolute Gasteiger partial charge is 0.287 e. The fourth-order valence-electron chi connectivity index (χ4n) is 2.45. The Labute approximate surface area is 127 Å². The Bertz CT molecular complexity index is 912. The highest BCUT2D eigenvalue weighted by Gasteiger charge is 2.11. The molecular weight excluding hydrogens is 274 g/mol. The van der Waals surface area contributed by atoms with Gasteiger partial charge in [0.2, 0.25) is 5.75 Å². The fraction of sp³-hybridized carbons (Fsp3) is 0. The average Bonchev–Trinajstić information content (AvgIpc) is 3.00. The quantitative estimate of drug-likeness (QED) is 0.553. The third-order valence-corrected chi connectivity index (χ3v) is 3.57. The molecule has 0 aliphatic rings. The highest BCUT2D eigenvalue weighted by Crippen LogP contribution is 2.28. The molecule has 0 amide bonds. The maximum absolute atomic E-state index is 12.2. The summed E-state index contributed by atoms with van der Waals surface area (Å²) in [7, 11) is 0. The van der Waals surface area contributed by atoms with E-state index in [1.165, 1.54) is 4.80 Å². The van der Waals surface area contributed by atoms with Crippen LogP contribution in [0.25, 0.3) is 27.8 Å². The lowest BCUT2D eigenvalue weighted by atomic mass is 10.1. The molecule has 1 aromatic heterocycles. The van der Waals surface area contributed by atoms with Gasteiger partial charge in [0.25, 0.3) is 0 Å². The summed E-state index contributed by atoms with van der Waals surface area (Å²) in [5.74, 6) is -0.0972. The molecule has 0 bridgehead atoms. The first kappa shape index (κ1) is 12.6. The SMILES string of the molecule is [O]c1ccc(-c2ccccc2)cc1-n1nc2ccccc2n1. The molecule has 0 saturated carbocycles. The number of benzene rings is 3. The molecule has 0 atom stereocenters. The van der Waals surface area contributed by atoms with Gasteiger partial charge in [-0.2, -0.15) is 0 Å². The Balaban J connectivity index is 1.87. The molecule has 105 valence electrons. The fourth-order valence-corrected chi connectivity index (χ4v) is 2.45. The topological polar surface area (TPSA) is 50.6 Å². The molecule has 4 rings (SSSR count). The molecule has 0 saturated heterocycles. The number of nitrogens with zero attached hydrogens (tertiary/aromatic N) is 3. The van der Waals surface area contributed by atoms with Crippen LogP contribution in [-0.2, 0) is 5.11 Å². The van der Waals surface area contributed by atoms with Crippen molar-refractivity contribution < 1.29 is 5.11 Å². The lowest BCUT2D eigenvalue weighted by molar-refractivity contribution is 0.351. The summed E-state index contributed by atoms with van der Waals surface area (Å²) < 4.78 is 0. The van der Waals surface area contributed by atoms with Crippen LogP contribution in [0.5, 0.6) is 5.75 Å². The van der Waals surface area contributed by atoms with Gasteiger partial charge in [-0.3, -0.25) is 5.11 Å². The predicted molar refractivity (Wildman–Crippen MR) is 84.4 cm³/mol. The minimum absolute atomic E-state index is 0.0972.